The van der Waals surface area contributed by atoms with Crippen LogP contribution in [0.1, 0.15) is 59.8 Å². The molecule has 9 nitrogen and oxygen atoms in total. The Morgan fingerprint density at radius 1 is 0.929 bits per heavy atom. The highest BCUT2D eigenvalue weighted by molar-refractivity contribution is 6.04. The number of hydrogen-bond donors (Lipinski definition) is 1. The molecule has 0 saturated carbocycles. The molecule has 42 heavy (non-hydrogen) atoms. The molecule has 1 unspecified atom stereocenters. The van der Waals surface area contributed by atoms with E-state index in [1.807, 2.05) is 76.3 Å². The number of fused-ring (bicyclic) bond motifs is 2. The van der Waals surface area contributed by atoms with E-state index >= 15 is 0 Å². The number of unbranched alkanes of at least 4 members (excludes halogenated alkanes) is 3. The number of carbonyl (C=O) groups excluding carboxylic acids is 3. The summed E-state index contributed by atoms with van der Waals surface area (Å²) < 4.78 is 12.6. The molecule has 3 amide bonds. The zero-order valence-electron chi connectivity index (χ0n) is 25.3. The Hall–Kier alpha value is -3.17. The maximum absolute atomic E-state index is 14.6. The van der Waals surface area contributed by atoms with Crippen LogP contribution in [-0.2, 0) is 19.1 Å². The minimum atomic E-state index is -1.24. The number of carbonyl (C=O) groups is 3. The number of aliphatic hydroxyl groups excluding tert-OH is 1. The van der Waals surface area contributed by atoms with Crippen molar-refractivity contribution in [2.75, 3.05) is 37.7 Å². The second kappa shape index (κ2) is 12.2. The van der Waals surface area contributed by atoms with Gasteiger partial charge >= 0.3 is 0 Å². The van der Waals surface area contributed by atoms with Gasteiger partial charge in [-0.05, 0) is 64.3 Å². The van der Waals surface area contributed by atoms with E-state index in [2.05, 4.69) is 0 Å². The van der Waals surface area contributed by atoms with Crippen molar-refractivity contribution < 1.29 is 29.0 Å². The molecule has 4 aliphatic rings. The average Bonchev–Trinajstić information content (AvgIpc) is 3.25. The molecule has 1 aromatic rings. The van der Waals surface area contributed by atoms with Crippen molar-refractivity contribution in [2.45, 2.75) is 83.1 Å². The maximum Gasteiger partial charge on any atom is 0.249 e. The second-order valence-electron chi connectivity index (χ2n) is 12.1. The number of hydrogen-bond acceptors (Lipinski definition) is 6. The van der Waals surface area contributed by atoms with Crippen molar-refractivity contribution in [3.63, 3.8) is 0 Å². The molecule has 2 fully saturated rings. The summed E-state index contributed by atoms with van der Waals surface area (Å²) in [6.07, 6.45) is 11.4. The molecule has 1 spiro atoms. The molecular weight excluding hydrogens is 534 g/mol. The van der Waals surface area contributed by atoms with Gasteiger partial charge in [0.15, 0.2) is 0 Å². The van der Waals surface area contributed by atoms with Crippen molar-refractivity contribution in [1.29, 1.82) is 0 Å². The lowest BCUT2D eigenvalue weighted by Gasteiger charge is -2.39. The van der Waals surface area contributed by atoms with Crippen LogP contribution in [0.5, 0.6) is 5.75 Å². The molecule has 2 saturated heterocycles. The van der Waals surface area contributed by atoms with Crippen LogP contribution in [0, 0.1) is 11.8 Å². The largest absolute Gasteiger partial charge is 0.494 e. The molecule has 1 N–H and O–H groups in total. The van der Waals surface area contributed by atoms with Gasteiger partial charge in [0, 0.05) is 38.0 Å². The number of likely N-dealkylation sites (tertiary alicyclic amines) is 1. The Balaban J connectivity index is 1.56. The number of nitrogens with zero attached hydrogens (tertiary/aromatic N) is 3. The summed E-state index contributed by atoms with van der Waals surface area (Å²) >= 11 is 0. The lowest BCUT2D eigenvalue weighted by Crippen LogP contribution is -2.57. The first-order valence-corrected chi connectivity index (χ1v) is 15.6. The van der Waals surface area contributed by atoms with Gasteiger partial charge in [0.1, 0.15) is 17.4 Å². The predicted molar refractivity (Wildman–Crippen MR) is 160 cm³/mol. The summed E-state index contributed by atoms with van der Waals surface area (Å²) in [6, 6.07) is 6.54. The molecule has 9 heteroatoms. The van der Waals surface area contributed by atoms with Crippen molar-refractivity contribution in [3.05, 3.63) is 48.6 Å². The van der Waals surface area contributed by atoms with E-state index in [1.165, 1.54) is 0 Å². The summed E-state index contributed by atoms with van der Waals surface area (Å²) in [5, 5.41) is 9.19. The number of benzene rings is 1. The van der Waals surface area contributed by atoms with Crippen LogP contribution in [0.2, 0.25) is 0 Å². The lowest BCUT2D eigenvalue weighted by atomic mass is 9.73. The zero-order valence-corrected chi connectivity index (χ0v) is 25.3. The van der Waals surface area contributed by atoms with Gasteiger partial charge in [-0.3, -0.25) is 14.4 Å². The summed E-state index contributed by atoms with van der Waals surface area (Å²) in [6.45, 7) is 9.74. The molecule has 0 bridgehead atoms. The fraction of sp³-hybridized carbons (Fsp3) is 0.606. The quantitative estimate of drug-likeness (QED) is 0.317. The van der Waals surface area contributed by atoms with Gasteiger partial charge in [0.25, 0.3) is 0 Å². The highest BCUT2D eigenvalue weighted by Crippen LogP contribution is 2.58. The van der Waals surface area contributed by atoms with E-state index in [-0.39, 0.29) is 30.4 Å². The van der Waals surface area contributed by atoms with Gasteiger partial charge in [0.2, 0.25) is 17.7 Å². The normalized spacial score (nSPS) is 30.5. The summed E-state index contributed by atoms with van der Waals surface area (Å²) in [4.78, 5) is 48.6. The van der Waals surface area contributed by atoms with E-state index in [1.54, 1.807) is 14.7 Å². The van der Waals surface area contributed by atoms with Crippen LogP contribution >= 0.6 is 0 Å². The Morgan fingerprint density at radius 2 is 1.64 bits per heavy atom. The molecule has 5 atom stereocenters. The average molecular weight is 580 g/mol. The fourth-order valence-electron chi connectivity index (χ4n) is 7.35. The maximum atomic E-state index is 14.6. The predicted octanol–water partition coefficient (Wildman–Crippen LogP) is 3.71. The number of amides is 3. The van der Waals surface area contributed by atoms with Gasteiger partial charge in [-0.1, -0.05) is 44.1 Å². The molecule has 228 valence electrons. The molecular formula is C33H45N3O6. The monoisotopic (exact) mass is 579 g/mol. The fourth-order valence-corrected chi connectivity index (χ4v) is 7.35. The van der Waals surface area contributed by atoms with E-state index < -0.39 is 29.1 Å². The van der Waals surface area contributed by atoms with Crippen LogP contribution in [0.25, 0.3) is 0 Å². The highest BCUT2D eigenvalue weighted by atomic mass is 16.5. The van der Waals surface area contributed by atoms with Crippen LogP contribution in [-0.4, -0.2) is 88.8 Å². The van der Waals surface area contributed by atoms with Crippen molar-refractivity contribution in [2.24, 2.45) is 11.8 Å². The van der Waals surface area contributed by atoms with Gasteiger partial charge in [-0.25, -0.2) is 0 Å². The smallest absolute Gasteiger partial charge is 0.249 e. The van der Waals surface area contributed by atoms with Crippen LogP contribution in [0.4, 0.5) is 5.69 Å². The first-order valence-electron chi connectivity index (χ1n) is 15.6. The number of aliphatic hydroxyl groups is 1. The third-order valence-corrected chi connectivity index (χ3v) is 9.36. The molecule has 1 aromatic carbocycles. The van der Waals surface area contributed by atoms with Crippen LogP contribution in [0.3, 0.4) is 0 Å². The molecule has 0 aliphatic carbocycles. The van der Waals surface area contributed by atoms with Crippen molar-refractivity contribution >= 4 is 23.4 Å². The third-order valence-electron chi connectivity index (χ3n) is 9.36. The lowest BCUT2D eigenvalue weighted by molar-refractivity contribution is -0.153. The van der Waals surface area contributed by atoms with E-state index in [0.717, 1.165) is 24.3 Å². The number of anilines is 1. The topological polar surface area (TPSA) is 99.6 Å². The van der Waals surface area contributed by atoms with Gasteiger partial charge in [0.05, 0.1) is 24.0 Å². The Kier molecular flexibility index (Phi) is 8.81. The first kappa shape index (κ1) is 30.3. The van der Waals surface area contributed by atoms with Gasteiger partial charge in [-0.2, -0.15) is 0 Å². The summed E-state index contributed by atoms with van der Waals surface area (Å²) in [7, 11) is 0. The molecule has 4 aliphatic heterocycles. The molecule has 0 radical (unpaired) electrons. The Morgan fingerprint density at radius 3 is 2.31 bits per heavy atom. The summed E-state index contributed by atoms with van der Waals surface area (Å²) in [5.41, 5.74) is -1.53. The zero-order chi connectivity index (χ0) is 30.1. The second-order valence-corrected chi connectivity index (χ2v) is 12.1. The van der Waals surface area contributed by atoms with Crippen molar-refractivity contribution in [1.82, 2.24) is 9.80 Å². The van der Waals surface area contributed by atoms with Crippen LogP contribution in [0.15, 0.2) is 48.6 Å². The van der Waals surface area contributed by atoms with Crippen LogP contribution < -0.4 is 9.64 Å². The molecule has 0 aromatic heterocycles. The van der Waals surface area contributed by atoms with E-state index in [9.17, 15) is 19.5 Å². The summed E-state index contributed by atoms with van der Waals surface area (Å²) in [5.74, 6) is -1.39. The molecule has 5 rings (SSSR count). The highest BCUT2D eigenvalue weighted by Gasteiger charge is 2.75. The molecule has 4 heterocycles. The first-order chi connectivity index (χ1) is 20.2. The SMILES string of the molecule is CCOc1ccc(N2CC=C[C@@]3(CC)O[C@]45C=CCN(C(C)C)C(=O)C4N(CCCCCCO)C(=O)[C@@H]5[C@H]3C2=O)cc1. The number of ether oxygens (including phenoxy) is 2. The number of rotatable bonds is 11. The van der Waals surface area contributed by atoms with Crippen molar-refractivity contribution in [3.8, 4) is 5.75 Å². The Labute approximate surface area is 249 Å². The van der Waals surface area contributed by atoms with E-state index in [4.69, 9.17) is 9.47 Å². The standard InChI is InChI=1S/C33H45N3O6/c1-5-32-17-11-21-35(24-13-15-25(16-14-24)41-6-2)29(38)26(32)27-30(39)36(19-9-7-8-10-22-37)28-31(40)34(23(3)4)20-12-18-33(27,28)42-32/h11-18,23,26-28,37H,5-10,19-22H2,1-4H3/t26-,27-,28?,32+,33-/m0/s1. The minimum Gasteiger partial charge on any atom is -0.494 e. The minimum absolute atomic E-state index is 0.0541. The van der Waals surface area contributed by atoms with E-state index in [0.29, 0.717) is 45.5 Å². The van der Waals surface area contributed by atoms with Gasteiger partial charge < -0.3 is 29.3 Å². The Bertz CT molecular complexity index is 1230. The van der Waals surface area contributed by atoms with Gasteiger partial charge in [-0.15, -0.1) is 0 Å². The third kappa shape index (κ3) is 4.94.